The van der Waals surface area contributed by atoms with Crippen LogP contribution in [0.1, 0.15) is 39.3 Å². The Morgan fingerprint density at radius 1 is 1.19 bits per heavy atom. The fraction of sp³-hybridized carbons (Fsp3) is 0.556. The number of likely N-dealkylation sites (tertiary alicyclic amines) is 1. The average molecular weight is 378 g/mol. The number of nitrogens with zero attached hydrogens (tertiary/aromatic N) is 2. The highest BCUT2D eigenvalue weighted by molar-refractivity contribution is 5.81. The monoisotopic (exact) mass is 378 g/mol. The van der Waals surface area contributed by atoms with Crippen LogP contribution in [0.15, 0.2) is 18.3 Å². The number of hydrogen-bond donors (Lipinski definition) is 2. The molecule has 1 aromatic heterocycles. The molecule has 148 valence electrons. The Morgan fingerprint density at radius 2 is 1.85 bits per heavy atom. The fourth-order valence-corrected chi connectivity index (χ4v) is 2.58. The smallest absolute Gasteiger partial charge is 0.426 e. The van der Waals surface area contributed by atoms with Crippen molar-refractivity contribution < 1.29 is 23.9 Å². The van der Waals surface area contributed by atoms with Gasteiger partial charge in [0.2, 0.25) is 5.91 Å². The summed E-state index contributed by atoms with van der Waals surface area (Å²) in [5.74, 6) is -0.190. The summed E-state index contributed by atoms with van der Waals surface area (Å²) in [6.07, 6.45) is 1.40. The lowest BCUT2D eigenvalue weighted by Crippen LogP contribution is -2.49. The second-order valence-electron chi connectivity index (χ2n) is 7.33. The molecule has 1 fully saturated rings. The minimum atomic E-state index is -0.719. The third kappa shape index (κ3) is 6.43. The maximum Gasteiger partial charge on any atom is 0.426 e. The van der Waals surface area contributed by atoms with Gasteiger partial charge in [-0.25, -0.2) is 15.0 Å². The molecule has 2 rings (SSSR count). The zero-order valence-electron chi connectivity index (χ0n) is 16.1. The zero-order chi connectivity index (χ0) is 20.0. The Kier molecular flexibility index (Phi) is 6.59. The Labute approximate surface area is 158 Å². The maximum atomic E-state index is 12.2. The first-order valence-electron chi connectivity index (χ1n) is 8.83. The van der Waals surface area contributed by atoms with Crippen molar-refractivity contribution in [2.75, 3.05) is 13.1 Å². The van der Waals surface area contributed by atoms with Crippen LogP contribution in [0.2, 0.25) is 0 Å². The van der Waals surface area contributed by atoms with E-state index in [2.05, 4.69) is 15.8 Å². The third-order valence-electron chi connectivity index (χ3n) is 3.97. The highest BCUT2D eigenvalue weighted by atomic mass is 16.6. The molecule has 2 heterocycles. The van der Waals surface area contributed by atoms with Crippen molar-refractivity contribution in [1.82, 2.24) is 20.7 Å². The lowest BCUT2D eigenvalue weighted by molar-refractivity contribution is -0.127. The number of amides is 3. The number of nitrogens with one attached hydrogen (secondary N) is 2. The molecule has 1 saturated heterocycles. The molecule has 0 unspecified atom stereocenters. The van der Waals surface area contributed by atoms with Crippen LogP contribution in [0, 0.1) is 12.8 Å². The minimum Gasteiger partial charge on any atom is -0.443 e. The van der Waals surface area contributed by atoms with Crippen LogP contribution in [0.5, 0.6) is 5.75 Å². The second-order valence-corrected chi connectivity index (χ2v) is 7.33. The van der Waals surface area contributed by atoms with Gasteiger partial charge in [-0.05, 0) is 52.7 Å². The number of hydrogen-bond acceptors (Lipinski definition) is 6. The van der Waals surface area contributed by atoms with Gasteiger partial charge >= 0.3 is 12.2 Å². The van der Waals surface area contributed by atoms with Crippen molar-refractivity contribution in [3.63, 3.8) is 0 Å². The molecule has 9 nitrogen and oxygen atoms in total. The Morgan fingerprint density at radius 3 is 2.44 bits per heavy atom. The highest BCUT2D eigenvalue weighted by Gasteiger charge is 2.29. The van der Waals surface area contributed by atoms with Crippen molar-refractivity contribution in [2.24, 2.45) is 5.92 Å². The van der Waals surface area contributed by atoms with Gasteiger partial charge in [-0.1, -0.05) is 0 Å². The van der Waals surface area contributed by atoms with Crippen LogP contribution in [0.3, 0.4) is 0 Å². The summed E-state index contributed by atoms with van der Waals surface area (Å²) in [6.45, 7) is 7.74. The minimum absolute atomic E-state index is 0.302. The average Bonchev–Trinajstić information content (AvgIpc) is 2.60. The molecule has 1 aliphatic heterocycles. The number of rotatable bonds is 2. The summed E-state index contributed by atoms with van der Waals surface area (Å²) in [5, 5.41) is 0. The number of hydrazine groups is 1. The SMILES string of the molecule is Cc1ncccc1OC(=O)N1CCC(C(=O)NNC(=O)OC(C)(C)C)CC1. The van der Waals surface area contributed by atoms with Crippen LogP contribution >= 0.6 is 0 Å². The van der Waals surface area contributed by atoms with E-state index in [4.69, 9.17) is 9.47 Å². The molecule has 9 heteroatoms. The van der Waals surface area contributed by atoms with E-state index in [1.807, 2.05) is 0 Å². The van der Waals surface area contributed by atoms with Gasteiger partial charge in [0.1, 0.15) is 5.60 Å². The molecule has 0 aromatic carbocycles. The first kappa shape index (κ1) is 20.5. The molecule has 0 saturated carbocycles. The number of carbonyl (C=O) groups excluding carboxylic acids is 3. The molecule has 1 aromatic rings. The largest absolute Gasteiger partial charge is 0.443 e. The topological polar surface area (TPSA) is 110 Å². The molecule has 0 spiro atoms. The number of aromatic nitrogens is 1. The Balaban J connectivity index is 1.76. The van der Waals surface area contributed by atoms with Crippen molar-refractivity contribution in [1.29, 1.82) is 0 Å². The van der Waals surface area contributed by atoms with Gasteiger partial charge in [-0.3, -0.25) is 15.2 Å². The summed E-state index contributed by atoms with van der Waals surface area (Å²) in [6, 6.07) is 3.38. The van der Waals surface area contributed by atoms with Gasteiger partial charge in [-0.2, -0.15) is 0 Å². The van der Waals surface area contributed by atoms with E-state index >= 15 is 0 Å². The van der Waals surface area contributed by atoms with Crippen molar-refractivity contribution >= 4 is 18.1 Å². The first-order chi connectivity index (χ1) is 12.7. The molecule has 1 aliphatic rings. The number of carbonyl (C=O) groups is 3. The molecule has 2 N–H and O–H groups in total. The van der Waals surface area contributed by atoms with Gasteiger partial charge in [0.05, 0.1) is 5.69 Å². The predicted octanol–water partition coefficient (Wildman–Crippen LogP) is 2.16. The molecule has 0 bridgehead atoms. The van der Waals surface area contributed by atoms with E-state index in [-0.39, 0.29) is 11.8 Å². The van der Waals surface area contributed by atoms with Gasteiger partial charge in [0.15, 0.2) is 5.75 Å². The van der Waals surface area contributed by atoms with Crippen molar-refractivity contribution in [3.8, 4) is 5.75 Å². The summed E-state index contributed by atoms with van der Waals surface area (Å²) >= 11 is 0. The number of aryl methyl sites for hydroxylation is 1. The zero-order valence-corrected chi connectivity index (χ0v) is 16.1. The number of ether oxygens (including phenoxy) is 2. The molecule has 3 amide bonds. The highest BCUT2D eigenvalue weighted by Crippen LogP contribution is 2.20. The van der Waals surface area contributed by atoms with Crippen molar-refractivity contribution in [2.45, 2.75) is 46.1 Å². The van der Waals surface area contributed by atoms with E-state index in [1.54, 1.807) is 50.9 Å². The lowest BCUT2D eigenvalue weighted by atomic mass is 9.96. The molecule has 0 radical (unpaired) electrons. The van der Waals surface area contributed by atoms with Crippen LogP contribution < -0.4 is 15.6 Å². The number of pyridine rings is 1. The van der Waals surface area contributed by atoms with E-state index in [9.17, 15) is 14.4 Å². The van der Waals surface area contributed by atoms with Gasteiger partial charge in [0.25, 0.3) is 0 Å². The van der Waals surface area contributed by atoms with Gasteiger partial charge in [0, 0.05) is 25.2 Å². The van der Waals surface area contributed by atoms with Gasteiger partial charge in [-0.15, -0.1) is 0 Å². The summed E-state index contributed by atoms with van der Waals surface area (Å²) in [7, 11) is 0. The van der Waals surface area contributed by atoms with Crippen LogP contribution in [0.4, 0.5) is 9.59 Å². The van der Waals surface area contributed by atoms with Crippen LogP contribution in [-0.4, -0.2) is 46.7 Å². The normalized spacial score (nSPS) is 15.0. The molecule has 0 aliphatic carbocycles. The summed E-state index contributed by atoms with van der Waals surface area (Å²) in [5.41, 5.74) is 4.58. The lowest BCUT2D eigenvalue weighted by Gasteiger charge is -2.30. The van der Waals surface area contributed by atoms with Crippen LogP contribution in [0.25, 0.3) is 0 Å². The molecule has 0 atom stereocenters. The van der Waals surface area contributed by atoms with Gasteiger partial charge < -0.3 is 14.4 Å². The van der Waals surface area contributed by atoms with Crippen molar-refractivity contribution in [3.05, 3.63) is 24.0 Å². The van der Waals surface area contributed by atoms with E-state index in [0.29, 0.717) is 37.4 Å². The second kappa shape index (κ2) is 8.70. The molecular formula is C18H26N4O5. The molecular weight excluding hydrogens is 352 g/mol. The maximum absolute atomic E-state index is 12.2. The quantitative estimate of drug-likeness (QED) is 0.763. The van der Waals surface area contributed by atoms with E-state index in [1.165, 1.54) is 0 Å². The summed E-state index contributed by atoms with van der Waals surface area (Å²) < 4.78 is 10.4. The fourth-order valence-electron chi connectivity index (χ4n) is 2.58. The Hall–Kier alpha value is -2.84. The third-order valence-corrected chi connectivity index (χ3v) is 3.97. The standard InChI is InChI=1S/C18H26N4O5/c1-12-14(6-5-9-19-12)26-17(25)22-10-7-13(8-11-22)15(23)20-21-16(24)27-18(2,3)4/h5-6,9,13H,7-8,10-11H2,1-4H3,(H,20,23)(H,21,24). The molecule has 27 heavy (non-hydrogen) atoms. The van der Waals surface area contributed by atoms with E-state index < -0.39 is 17.8 Å². The van der Waals surface area contributed by atoms with E-state index in [0.717, 1.165) is 0 Å². The predicted molar refractivity (Wildman–Crippen MR) is 96.8 cm³/mol. The first-order valence-corrected chi connectivity index (χ1v) is 8.83. The Bertz CT molecular complexity index is 693. The number of piperidine rings is 1. The summed E-state index contributed by atoms with van der Waals surface area (Å²) in [4.78, 5) is 41.6. The van der Waals surface area contributed by atoms with Crippen LogP contribution in [-0.2, 0) is 9.53 Å².